The number of aliphatic hydroxyl groups is 1. The first-order valence-corrected chi connectivity index (χ1v) is 29.2. The second-order valence-electron chi connectivity index (χ2n) is 19.6. The Balaban J connectivity index is 4.30. The molecule has 0 spiro atoms. The van der Waals surface area contributed by atoms with Gasteiger partial charge in [-0.2, -0.15) is 0 Å². The third-order valence-electron chi connectivity index (χ3n) is 11.8. The lowest BCUT2D eigenvalue weighted by molar-refractivity contribution is -0.870. The maximum atomic E-state index is 13.0. The number of carbonyl (C=O) groups excluding carboxylic acids is 1. The molecule has 69 heavy (non-hydrogen) atoms. The quantitative estimate of drug-likeness (QED) is 0.0243. The smallest absolute Gasteiger partial charge is 0.391 e. The molecule has 0 radical (unpaired) electrons. The van der Waals surface area contributed by atoms with Crippen molar-refractivity contribution in [3.8, 4) is 0 Å². The van der Waals surface area contributed by atoms with Crippen molar-refractivity contribution in [2.75, 3.05) is 40.9 Å². The molecule has 0 heterocycles. The van der Waals surface area contributed by atoms with Crippen molar-refractivity contribution in [3.05, 3.63) is 109 Å². The van der Waals surface area contributed by atoms with Crippen LogP contribution in [0.25, 0.3) is 0 Å². The average molecular weight is 982 g/mol. The number of rotatable bonds is 49. The van der Waals surface area contributed by atoms with Gasteiger partial charge in [-0.1, -0.05) is 232 Å². The van der Waals surface area contributed by atoms with Gasteiger partial charge in [-0.15, -0.1) is 0 Å². The summed E-state index contributed by atoms with van der Waals surface area (Å²) in [5.41, 5.74) is 0. The van der Waals surface area contributed by atoms with Crippen molar-refractivity contribution in [1.82, 2.24) is 5.32 Å². The highest BCUT2D eigenvalue weighted by molar-refractivity contribution is 7.47. The zero-order chi connectivity index (χ0) is 50.6. The molecule has 0 aliphatic heterocycles. The van der Waals surface area contributed by atoms with Crippen molar-refractivity contribution in [2.45, 2.75) is 225 Å². The van der Waals surface area contributed by atoms with Crippen LogP contribution in [0.2, 0.25) is 0 Å². The number of amides is 1. The van der Waals surface area contributed by atoms with Crippen LogP contribution in [-0.2, 0) is 18.4 Å². The van der Waals surface area contributed by atoms with Crippen molar-refractivity contribution >= 4 is 13.7 Å². The molecule has 0 bridgehead atoms. The lowest BCUT2D eigenvalue weighted by Crippen LogP contribution is -2.46. The van der Waals surface area contributed by atoms with Crippen LogP contribution in [0.5, 0.6) is 0 Å². The molecule has 9 heteroatoms. The Labute approximate surface area is 425 Å². The molecule has 3 atom stereocenters. The molecule has 3 unspecified atom stereocenters. The van der Waals surface area contributed by atoms with E-state index in [2.05, 4.69) is 129 Å². The molecule has 0 fully saturated rings. The minimum absolute atomic E-state index is 0.0619. The molecule has 0 aromatic rings. The molecule has 0 rings (SSSR count). The van der Waals surface area contributed by atoms with Crippen molar-refractivity contribution in [2.24, 2.45) is 0 Å². The summed E-state index contributed by atoms with van der Waals surface area (Å²) in [5.74, 6) is -0.180. The van der Waals surface area contributed by atoms with Gasteiger partial charge in [0.1, 0.15) is 13.2 Å². The van der Waals surface area contributed by atoms with Gasteiger partial charge < -0.3 is 19.8 Å². The maximum Gasteiger partial charge on any atom is 0.472 e. The fourth-order valence-corrected chi connectivity index (χ4v) is 8.19. The van der Waals surface area contributed by atoms with E-state index in [9.17, 15) is 19.4 Å². The van der Waals surface area contributed by atoms with E-state index in [1.165, 1.54) is 83.5 Å². The fourth-order valence-electron chi connectivity index (χ4n) is 7.45. The molecule has 0 saturated heterocycles. The highest BCUT2D eigenvalue weighted by Crippen LogP contribution is 2.43. The second-order valence-corrected chi connectivity index (χ2v) is 21.0. The average Bonchev–Trinajstić information content (AvgIpc) is 3.31. The summed E-state index contributed by atoms with van der Waals surface area (Å²) >= 11 is 0. The summed E-state index contributed by atoms with van der Waals surface area (Å²) in [6.45, 7) is 4.74. The molecule has 0 aliphatic rings. The largest absolute Gasteiger partial charge is 0.472 e. The van der Waals surface area contributed by atoms with Gasteiger partial charge in [0, 0.05) is 6.42 Å². The van der Waals surface area contributed by atoms with E-state index >= 15 is 0 Å². The molecule has 3 N–H and O–H groups in total. The van der Waals surface area contributed by atoms with Gasteiger partial charge >= 0.3 is 7.82 Å². The molecule has 1 amide bonds. The molecule has 396 valence electrons. The number of unbranched alkanes of at least 4 members (excludes halogenated alkanes) is 18. The summed E-state index contributed by atoms with van der Waals surface area (Å²) in [4.78, 5) is 23.3. The van der Waals surface area contributed by atoms with E-state index in [0.29, 0.717) is 23.9 Å². The van der Waals surface area contributed by atoms with Gasteiger partial charge in [-0.05, 0) is 83.5 Å². The van der Waals surface area contributed by atoms with E-state index < -0.39 is 20.0 Å². The topological polar surface area (TPSA) is 105 Å². The first-order chi connectivity index (χ1) is 33.5. The second kappa shape index (κ2) is 50.1. The summed E-state index contributed by atoms with van der Waals surface area (Å²) in [7, 11) is 1.58. The van der Waals surface area contributed by atoms with E-state index in [1.54, 1.807) is 0 Å². The Morgan fingerprint density at radius 3 is 1.26 bits per heavy atom. The van der Waals surface area contributed by atoms with Crippen LogP contribution >= 0.6 is 7.82 Å². The highest BCUT2D eigenvalue weighted by Gasteiger charge is 2.28. The van der Waals surface area contributed by atoms with Crippen LogP contribution in [0.4, 0.5) is 0 Å². The molecule has 8 nitrogen and oxygen atoms in total. The number of hydrogen-bond donors (Lipinski definition) is 3. The first kappa shape index (κ1) is 66.2. The number of phosphoric ester groups is 1. The normalized spacial score (nSPS) is 14.8. The van der Waals surface area contributed by atoms with Crippen LogP contribution < -0.4 is 5.32 Å². The monoisotopic (exact) mass is 982 g/mol. The van der Waals surface area contributed by atoms with Crippen molar-refractivity contribution in [1.29, 1.82) is 0 Å². The van der Waals surface area contributed by atoms with Crippen molar-refractivity contribution < 1.29 is 32.9 Å². The maximum absolute atomic E-state index is 13.0. The van der Waals surface area contributed by atoms with E-state index in [4.69, 9.17) is 9.05 Å². The lowest BCUT2D eigenvalue weighted by Gasteiger charge is -2.26. The number of nitrogens with one attached hydrogen (secondary N) is 1. The molecular formula is C60H106N2O6P+. The van der Waals surface area contributed by atoms with Gasteiger partial charge in [-0.3, -0.25) is 13.8 Å². The predicted octanol–water partition coefficient (Wildman–Crippen LogP) is 16.8. The molecule has 0 aromatic heterocycles. The number of allylic oxidation sites excluding steroid dienone is 18. The van der Waals surface area contributed by atoms with Crippen molar-refractivity contribution in [3.63, 3.8) is 0 Å². The van der Waals surface area contributed by atoms with Crippen LogP contribution in [0, 0.1) is 0 Å². The first-order valence-electron chi connectivity index (χ1n) is 27.8. The summed E-state index contributed by atoms with van der Waals surface area (Å²) in [6.07, 6.45) is 72.8. The predicted molar refractivity (Wildman–Crippen MR) is 299 cm³/mol. The Bertz CT molecular complexity index is 1490. The number of carbonyl (C=O) groups is 1. The number of quaternary nitrogens is 1. The van der Waals surface area contributed by atoms with E-state index in [0.717, 1.165) is 103 Å². The van der Waals surface area contributed by atoms with Crippen LogP contribution in [0.1, 0.15) is 213 Å². The van der Waals surface area contributed by atoms with Gasteiger partial charge in [0.05, 0.1) is 39.9 Å². The summed E-state index contributed by atoms with van der Waals surface area (Å²) in [5, 5.41) is 14.0. The summed E-state index contributed by atoms with van der Waals surface area (Å²) in [6, 6.07) is -0.787. The minimum atomic E-state index is -4.34. The van der Waals surface area contributed by atoms with Crippen LogP contribution in [-0.4, -0.2) is 73.4 Å². The van der Waals surface area contributed by atoms with E-state index in [-0.39, 0.29) is 19.1 Å². The Kier molecular flexibility index (Phi) is 48.1. The van der Waals surface area contributed by atoms with Crippen LogP contribution in [0.15, 0.2) is 109 Å². The number of likely N-dealkylation sites (N-methyl/N-ethyl adjacent to an activating group) is 1. The zero-order valence-corrected chi connectivity index (χ0v) is 45.9. The van der Waals surface area contributed by atoms with Gasteiger partial charge in [0.2, 0.25) is 5.91 Å². The highest BCUT2D eigenvalue weighted by atomic mass is 31.2. The minimum Gasteiger partial charge on any atom is -0.391 e. The SMILES string of the molecule is CC/C=C\C/C=C\C/C=C\C/C=C\C/C=C\C/C=C\C/C=C\C/C=C\C/C=C\CCCCCC(=O)NC(COP(=O)(O)OCC[N+](C)(C)C)C(O)CCCCCCCCCCCCCCCCCC. The standard InChI is InChI=1S/C60H105N2O6P/c1-6-8-10-12-14-16-18-20-22-24-25-26-27-28-29-30-31-32-33-34-35-36-37-38-40-42-44-46-48-50-52-54-60(64)61-58(57-68-69(65,66)67-56-55-62(3,4)5)59(63)53-51-49-47-45-43-41-39-23-21-19-17-15-13-11-9-7-2/h8,10,14,16,20,22,25-26,28-29,31-32,34-35,37-38,42,44,58-59,63H,6-7,9,11-13,15,17-19,21,23-24,27,30,33,36,39-41,43,45-57H2,1-5H3,(H-,61,64,65,66)/p+1/b10-8-,16-14-,22-20-,26-25-,29-28-,32-31-,35-34-,38-37-,44-42-. The number of aliphatic hydroxyl groups excluding tert-OH is 1. The molecular weight excluding hydrogens is 876 g/mol. The van der Waals surface area contributed by atoms with Gasteiger partial charge in [0.15, 0.2) is 0 Å². The number of hydrogen-bond acceptors (Lipinski definition) is 5. The fraction of sp³-hybridized carbons (Fsp3) is 0.683. The zero-order valence-electron chi connectivity index (χ0n) is 45.0. The van der Waals surface area contributed by atoms with Gasteiger partial charge in [0.25, 0.3) is 0 Å². The van der Waals surface area contributed by atoms with E-state index in [1.807, 2.05) is 21.1 Å². The number of nitrogens with zero attached hydrogens (tertiary/aromatic N) is 1. The third kappa shape index (κ3) is 52.8. The Hall–Kier alpha value is -2.84. The third-order valence-corrected chi connectivity index (χ3v) is 12.8. The van der Waals surface area contributed by atoms with Gasteiger partial charge in [-0.25, -0.2) is 4.57 Å². The Morgan fingerprint density at radius 1 is 0.507 bits per heavy atom. The lowest BCUT2D eigenvalue weighted by atomic mass is 10.0. The van der Waals surface area contributed by atoms with Crippen LogP contribution in [0.3, 0.4) is 0 Å². The Morgan fingerprint density at radius 2 is 0.870 bits per heavy atom. The number of phosphoric acid groups is 1. The molecule has 0 aliphatic carbocycles. The summed E-state index contributed by atoms with van der Waals surface area (Å²) < 4.78 is 23.7. The molecule has 0 aromatic carbocycles. The molecule has 0 saturated carbocycles.